The van der Waals surface area contributed by atoms with Gasteiger partial charge in [0.15, 0.2) is 5.78 Å². The summed E-state index contributed by atoms with van der Waals surface area (Å²) in [4.78, 5) is 12.3. The third kappa shape index (κ3) is 4.65. The van der Waals surface area contributed by atoms with E-state index in [9.17, 15) is 13.2 Å². The van der Waals surface area contributed by atoms with E-state index in [-0.39, 0.29) is 16.1 Å². The smallest absolute Gasteiger partial charge is 0.238 e. The van der Waals surface area contributed by atoms with Gasteiger partial charge in [0, 0.05) is 12.0 Å². The monoisotopic (exact) mass is 325 g/mol. The zero-order valence-electron chi connectivity index (χ0n) is 14.0. The first-order valence-electron chi connectivity index (χ1n) is 7.84. The fourth-order valence-electron chi connectivity index (χ4n) is 2.65. The van der Waals surface area contributed by atoms with Crippen molar-refractivity contribution < 1.29 is 13.2 Å². The number of Topliss-reactive ketones (excluding diaryl/α,β-unsaturated/α-hetero) is 1. The van der Waals surface area contributed by atoms with E-state index in [1.54, 1.807) is 12.1 Å². The van der Waals surface area contributed by atoms with Crippen molar-refractivity contribution in [3.63, 3.8) is 0 Å². The van der Waals surface area contributed by atoms with Crippen molar-refractivity contribution in [1.29, 1.82) is 0 Å². The van der Waals surface area contributed by atoms with Gasteiger partial charge in [-0.15, -0.1) is 0 Å². The topological polar surface area (TPSA) is 77.2 Å². The van der Waals surface area contributed by atoms with Crippen LogP contribution in [0.5, 0.6) is 0 Å². The van der Waals surface area contributed by atoms with Crippen LogP contribution in [0.4, 0.5) is 0 Å². The van der Waals surface area contributed by atoms with Crippen LogP contribution in [0.15, 0.2) is 23.1 Å². The Morgan fingerprint density at radius 2 is 1.82 bits per heavy atom. The summed E-state index contributed by atoms with van der Waals surface area (Å²) in [6, 6.07) is 4.59. The van der Waals surface area contributed by atoms with Crippen LogP contribution in [0, 0.1) is 0 Å². The van der Waals surface area contributed by atoms with E-state index in [4.69, 9.17) is 5.14 Å². The minimum atomic E-state index is -3.77. The first kappa shape index (κ1) is 18.8. The molecule has 2 N–H and O–H groups in total. The number of rotatable bonds is 8. The normalized spacial score (nSPS) is 12.4. The molecule has 0 radical (unpaired) electrons. The Labute approximate surface area is 134 Å². The van der Waals surface area contributed by atoms with Gasteiger partial charge in [-0.1, -0.05) is 47.0 Å². The van der Waals surface area contributed by atoms with Crippen molar-refractivity contribution in [2.24, 2.45) is 5.14 Å². The number of carbonyl (C=O) groups is 1. The van der Waals surface area contributed by atoms with Crippen molar-refractivity contribution in [1.82, 2.24) is 0 Å². The number of nitrogens with two attached hydrogens (primary N) is 1. The molecule has 0 unspecified atom stereocenters. The molecule has 0 amide bonds. The average Bonchev–Trinajstić information content (AvgIpc) is 2.45. The molecule has 124 valence electrons. The van der Waals surface area contributed by atoms with E-state index >= 15 is 0 Å². The summed E-state index contributed by atoms with van der Waals surface area (Å²) in [7, 11) is -3.77. The Balaban J connectivity index is 3.36. The summed E-state index contributed by atoms with van der Waals surface area (Å²) in [5.74, 6) is 0.0273. The molecule has 5 heteroatoms. The zero-order valence-corrected chi connectivity index (χ0v) is 14.8. The van der Waals surface area contributed by atoms with Gasteiger partial charge < -0.3 is 0 Å². The van der Waals surface area contributed by atoms with Crippen LogP contribution in [0.1, 0.15) is 75.7 Å². The van der Waals surface area contributed by atoms with Gasteiger partial charge in [-0.25, -0.2) is 13.6 Å². The highest BCUT2D eigenvalue weighted by molar-refractivity contribution is 7.89. The molecule has 0 spiro atoms. The van der Waals surface area contributed by atoms with Crippen molar-refractivity contribution >= 4 is 15.8 Å². The lowest BCUT2D eigenvalue weighted by molar-refractivity contribution is 0.0985. The predicted octanol–water partition coefficient (Wildman–Crippen LogP) is 3.78. The molecule has 0 aliphatic heterocycles. The molecule has 0 aromatic heterocycles. The summed E-state index contributed by atoms with van der Waals surface area (Å²) in [5.41, 5.74) is 1.12. The number of hydrogen-bond acceptors (Lipinski definition) is 3. The van der Waals surface area contributed by atoms with Crippen LogP contribution in [-0.2, 0) is 15.4 Å². The summed E-state index contributed by atoms with van der Waals surface area (Å²) in [5, 5.41) is 5.24. The highest BCUT2D eigenvalue weighted by Gasteiger charge is 2.27. The highest BCUT2D eigenvalue weighted by atomic mass is 32.2. The second kappa shape index (κ2) is 7.38. The lowest BCUT2D eigenvalue weighted by Crippen LogP contribution is -2.23. The van der Waals surface area contributed by atoms with Gasteiger partial charge in [-0.3, -0.25) is 4.79 Å². The van der Waals surface area contributed by atoms with Gasteiger partial charge in [-0.2, -0.15) is 0 Å². The van der Waals surface area contributed by atoms with Crippen LogP contribution in [0.2, 0.25) is 0 Å². The quantitative estimate of drug-likeness (QED) is 0.583. The molecule has 1 rings (SSSR count). The molecule has 0 fully saturated rings. The van der Waals surface area contributed by atoms with Gasteiger partial charge in [0.1, 0.15) is 0 Å². The van der Waals surface area contributed by atoms with Crippen LogP contribution in [0.25, 0.3) is 0 Å². The SMILES string of the molecule is CCCCCC(C)(C)c1cc(S(N)(=O)=O)ccc1C(=O)CC. The Morgan fingerprint density at radius 1 is 1.18 bits per heavy atom. The minimum absolute atomic E-state index is 0.0273. The summed E-state index contributed by atoms with van der Waals surface area (Å²) in [6.07, 6.45) is 4.58. The molecule has 0 saturated carbocycles. The van der Waals surface area contributed by atoms with Crippen LogP contribution in [0.3, 0.4) is 0 Å². The number of sulfonamides is 1. The summed E-state index contributed by atoms with van der Waals surface area (Å²) >= 11 is 0. The standard InChI is InChI=1S/C17H27NO3S/c1-5-7-8-11-17(3,4)15-12-13(22(18,20)21)9-10-14(15)16(19)6-2/h9-10,12H,5-8,11H2,1-4H3,(H2,18,20,21). The minimum Gasteiger partial charge on any atom is -0.294 e. The van der Waals surface area contributed by atoms with Crippen molar-refractivity contribution in [3.8, 4) is 0 Å². The fourth-order valence-corrected chi connectivity index (χ4v) is 3.19. The van der Waals surface area contributed by atoms with E-state index in [1.165, 1.54) is 6.07 Å². The lowest BCUT2D eigenvalue weighted by Gasteiger charge is -2.28. The summed E-state index contributed by atoms with van der Waals surface area (Å²) in [6.45, 7) is 8.05. The number of ketones is 1. The zero-order chi connectivity index (χ0) is 17.0. The predicted molar refractivity (Wildman–Crippen MR) is 89.6 cm³/mol. The summed E-state index contributed by atoms with van der Waals surface area (Å²) < 4.78 is 23.2. The second-order valence-corrected chi connectivity index (χ2v) is 7.93. The van der Waals surface area contributed by atoms with Crippen LogP contribution >= 0.6 is 0 Å². The Kier molecular flexibility index (Phi) is 6.32. The number of hydrogen-bond donors (Lipinski definition) is 1. The highest BCUT2D eigenvalue weighted by Crippen LogP contribution is 2.34. The Morgan fingerprint density at radius 3 is 2.32 bits per heavy atom. The first-order chi connectivity index (χ1) is 10.1. The largest absolute Gasteiger partial charge is 0.294 e. The number of primary sulfonamides is 1. The molecular formula is C17H27NO3S. The molecule has 0 bridgehead atoms. The molecule has 22 heavy (non-hydrogen) atoms. The van der Waals surface area contributed by atoms with Gasteiger partial charge in [0.05, 0.1) is 4.90 Å². The molecule has 1 aromatic carbocycles. The third-order valence-electron chi connectivity index (χ3n) is 4.08. The van der Waals surface area contributed by atoms with Crippen LogP contribution in [-0.4, -0.2) is 14.2 Å². The van der Waals surface area contributed by atoms with Crippen molar-refractivity contribution in [2.45, 2.75) is 70.1 Å². The van der Waals surface area contributed by atoms with E-state index < -0.39 is 10.0 Å². The Bertz CT molecular complexity index is 633. The molecule has 0 heterocycles. The second-order valence-electron chi connectivity index (χ2n) is 6.37. The maximum atomic E-state index is 12.2. The Hall–Kier alpha value is -1.20. The lowest BCUT2D eigenvalue weighted by atomic mass is 9.77. The van der Waals surface area contributed by atoms with Crippen molar-refractivity contribution in [2.75, 3.05) is 0 Å². The molecule has 1 aromatic rings. The molecule has 0 aliphatic rings. The van der Waals surface area contributed by atoms with E-state index in [0.29, 0.717) is 12.0 Å². The first-order valence-corrected chi connectivity index (χ1v) is 9.38. The molecule has 4 nitrogen and oxygen atoms in total. The van der Waals surface area contributed by atoms with Gasteiger partial charge in [0.25, 0.3) is 0 Å². The maximum Gasteiger partial charge on any atom is 0.238 e. The van der Waals surface area contributed by atoms with Gasteiger partial charge in [0.2, 0.25) is 10.0 Å². The molecular weight excluding hydrogens is 298 g/mol. The van der Waals surface area contributed by atoms with E-state index in [2.05, 4.69) is 20.8 Å². The molecule has 0 aliphatic carbocycles. The number of benzene rings is 1. The number of carbonyl (C=O) groups excluding carboxylic acids is 1. The van der Waals surface area contributed by atoms with Gasteiger partial charge >= 0.3 is 0 Å². The van der Waals surface area contributed by atoms with Crippen molar-refractivity contribution in [3.05, 3.63) is 29.3 Å². The van der Waals surface area contributed by atoms with E-state index in [1.807, 2.05) is 6.92 Å². The number of unbranched alkanes of at least 4 members (excludes halogenated alkanes) is 2. The van der Waals surface area contributed by atoms with E-state index in [0.717, 1.165) is 31.2 Å². The maximum absolute atomic E-state index is 12.2. The molecule has 0 saturated heterocycles. The third-order valence-corrected chi connectivity index (χ3v) is 4.99. The molecule has 0 atom stereocenters. The fraction of sp³-hybridized carbons (Fsp3) is 0.588. The average molecular weight is 325 g/mol. The van der Waals surface area contributed by atoms with Crippen LogP contribution < -0.4 is 5.14 Å². The van der Waals surface area contributed by atoms with Gasteiger partial charge in [-0.05, 0) is 35.6 Å².